The van der Waals surface area contributed by atoms with Crippen molar-refractivity contribution in [3.05, 3.63) is 12.2 Å². The normalized spacial score (nSPS) is 44.1. The van der Waals surface area contributed by atoms with Crippen LogP contribution in [0.4, 0.5) is 0 Å². The maximum absolute atomic E-state index is 12.3. The molecule has 54 heavy (non-hydrogen) atoms. The van der Waals surface area contributed by atoms with Crippen LogP contribution in [0.15, 0.2) is 12.2 Å². The van der Waals surface area contributed by atoms with Crippen LogP contribution in [-0.4, -0.2) is 93.3 Å². The van der Waals surface area contributed by atoms with Crippen LogP contribution in [0.1, 0.15) is 140 Å². The molecule has 5 aliphatic rings. The van der Waals surface area contributed by atoms with E-state index in [-0.39, 0.29) is 72.1 Å². The van der Waals surface area contributed by atoms with Gasteiger partial charge in [0.05, 0.1) is 54.2 Å². The second kappa shape index (κ2) is 17.5. The number of carboxylic acid groups (broad SMARTS) is 1. The molecule has 310 valence electrons. The third kappa shape index (κ3) is 8.77. The summed E-state index contributed by atoms with van der Waals surface area (Å²) in [6.07, 6.45) is 8.48. The summed E-state index contributed by atoms with van der Waals surface area (Å²) in [5.74, 6) is -3.80. The van der Waals surface area contributed by atoms with Gasteiger partial charge >= 0.3 is 11.9 Å². The molecule has 5 rings (SSSR count). The monoisotopic (exact) mass is 765 g/mol. The fourth-order valence-corrected chi connectivity index (χ4v) is 10.7. The van der Waals surface area contributed by atoms with E-state index in [9.17, 15) is 24.9 Å². The molecule has 18 atom stereocenters. The fourth-order valence-electron chi connectivity index (χ4n) is 10.7. The highest BCUT2D eigenvalue weighted by Gasteiger charge is 2.61. The van der Waals surface area contributed by atoms with Gasteiger partial charge in [-0.15, -0.1) is 0 Å². The lowest BCUT2D eigenvalue weighted by Crippen LogP contribution is -2.62. The van der Waals surface area contributed by atoms with Crippen LogP contribution in [0.2, 0.25) is 0 Å². The summed E-state index contributed by atoms with van der Waals surface area (Å²) < 4.78 is 39.8. The van der Waals surface area contributed by atoms with E-state index in [2.05, 4.69) is 34.6 Å². The van der Waals surface area contributed by atoms with E-state index in [4.69, 9.17) is 28.4 Å². The van der Waals surface area contributed by atoms with Crippen molar-refractivity contribution >= 4 is 11.9 Å². The van der Waals surface area contributed by atoms with Gasteiger partial charge in [-0.25, -0.2) is 0 Å². The number of hydrogen-bond donors (Lipinski definition) is 3. The van der Waals surface area contributed by atoms with Gasteiger partial charge in [0, 0.05) is 25.2 Å². The minimum atomic E-state index is -1.25. The van der Waals surface area contributed by atoms with Crippen LogP contribution >= 0.6 is 0 Å². The molecule has 0 aliphatic carbocycles. The van der Waals surface area contributed by atoms with Gasteiger partial charge in [0.25, 0.3) is 0 Å². The molecule has 11 nitrogen and oxygen atoms in total. The molecule has 5 aliphatic heterocycles. The topological polar surface area (TPSA) is 150 Å². The van der Waals surface area contributed by atoms with Crippen molar-refractivity contribution in [3.8, 4) is 0 Å². The average molecular weight is 765 g/mol. The number of rotatable bonds is 13. The highest BCUT2D eigenvalue weighted by molar-refractivity contribution is 5.70. The predicted molar refractivity (Wildman–Crippen MR) is 203 cm³/mol. The van der Waals surface area contributed by atoms with Crippen molar-refractivity contribution in [1.82, 2.24) is 0 Å². The molecule has 4 saturated heterocycles. The smallest absolute Gasteiger partial charge is 0.309 e. The molecule has 0 aromatic heterocycles. The van der Waals surface area contributed by atoms with E-state index >= 15 is 0 Å². The van der Waals surface area contributed by atoms with Gasteiger partial charge in [-0.1, -0.05) is 61.8 Å². The van der Waals surface area contributed by atoms with Crippen LogP contribution in [0.3, 0.4) is 0 Å². The third-order valence-electron chi connectivity index (χ3n) is 14.3. The molecule has 11 heteroatoms. The number of aliphatic carboxylic acids is 1. The van der Waals surface area contributed by atoms with Gasteiger partial charge in [0.1, 0.15) is 0 Å². The first-order valence-electron chi connectivity index (χ1n) is 21.3. The zero-order valence-corrected chi connectivity index (χ0v) is 34.7. The average Bonchev–Trinajstić information content (AvgIpc) is 3.55. The number of aliphatic hydroxyl groups excluding tert-OH is 1. The molecule has 0 aromatic carbocycles. The molecular weight excluding hydrogens is 692 g/mol. The van der Waals surface area contributed by atoms with Crippen molar-refractivity contribution in [2.24, 2.45) is 41.4 Å². The first-order valence-corrected chi connectivity index (χ1v) is 21.3. The molecule has 2 spiro atoms. The van der Waals surface area contributed by atoms with Gasteiger partial charge in [-0.05, 0) is 101 Å². The Morgan fingerprint density at radius 3 is 2.22 bits per heavy atom. The van der Waals surface area contributed by atoms with Crippen molar-refractivity contribution in [3.63, 3.8) is 0 Å². The second-order valence-corrected chi connectivity index (χ2v) is 18.0. The Morgan fingerprint density at radius 2 is 1.61 bits per heavy atom. The number of carbonyl (C=O) groups excluding carboxylic acids is 1. The summed E-state index contributed by atoms with van der Waals surface area (Å²) in [4.78, 5) is 24.3. The van der Waals surface area contributed by atoms with Crippen LogP contribution < -0.4 is 0 Å². The van der Waals surface area contributed by atoms with Gasteiger partial charge in [-0.3, -0.25) is 9.59 Å². The standard InChI is InChI=1S/C43H72O11/c1-11-31(23-25(5)37(45)28(8)38-24(4)14-15-33(51-38)32(12-2)40(46)47)39-26(6)22-27(7)42(53-39)21-18-36(50-30(10)44)43(54-42)20-17-35(52-43)34-16-19-41(48,13-3)29(9)49-34/h18,21,24-29,31-39,45,48H,11-17,19-20,22-23H2,1-10H3,(H,46,47). The number of carboxylic acids is 1. The number of aliphatic hydroxyl groups is 2. The highest BCUT2D eigenvalue weighted by Crippen LogP contribution is 2.52. The minimum absolute atomic E-state index is 0.0144. The second-order valence-electron chi connectivity index (χ2n) is 18.0. The van der Waals surface area contributed by atoms with Gasteiger partial charge in [0.2, 0.25) is 5.79 Å². The summed E-state index contributed by atoms with van der Waals surface area (Å²) >= 11 is 0. The number of hydrogen-bond acceptors (Lipinski definition) is 10. The summed E-state index contributed by atoms with van der Waals surface area (Å²) in [5.41, 5.74) is -0.856. The van der Waals surface area contributed by atoms with Gasteiger partial charge in [-0.2, -0.15) is 0 Å². The molecule has 0 aromatic rings. The Hall–Kier alpha value is -1.60. The van der Waals surface area contributed by atoms with Crippen molar-refractivity contribution in [2.75, 3.05) is 0 Å². The quantitative estimate of drug-likeness (QED) is 0.129. The number of ether oxygens (including phenoxy) is 6. The van der Waals surface area contributed by atoms with E-state index in [0.29, 0.717) is 38.5 Å². The molecule has 0 radical (unpaired) electrons. The van der Waals surface area contributed by atoms with E-state index in [0.717, 1.165) is 32.1 Å². The summed E-state index contributed by atoms with van der Waals surface area (Å²) in [6, 6.07) is 0. The van der Waals surface area contributed by atoms with Crippen molar-refractivity contribution < 1.29 is 53.3 Å². The maximum Gasteiger partial charge on any atom is 0.309 e. The summed E-state index contributed by atoms with van der Waals surface area (Å²) in [7, 11) is 0. The summed E-state index contributed by atoms with van der Waals surface area (Å²) in [5, 5.41) is 32.6. The Bertz CT molecular complexity index is 1310. The third-order valence-corrected chi connectivity index (χ3v) is 14.3. The zero-order valence-electron chi connectivity index (χ0n) is 34.7. The Balaban J connectivity index is 1.31. The number of carbonyl (C=O) groups is 2. The molecular formula is C43H72O11. The zero-order chi connectivity index (χ0) is 39.7. The molecule has 0 saturated carbocycles. The SMILES string of the molecule is CCC(CC(C)C(O)C(C)C1OC(C(CC)C(=O)O)CCC1C)C1OC2(C=CC(OC(C)=O)C3(CCC(C4CCC(O)(CC)C(C)O4)O3)O2)C(C)CC1C. The van der Waals surface area contributed by atoms with Crippen LogP contribution in [-0.2, 0) is 38.0 Å². The predicted octanol–water partition coefficient (Wildman–Crippen LogP) is 7.19. The minimum Gasteiger partial charge on any atom is -0.481 e. The maximum atomic E-state index is 12.3. The Labute approximate surface area is 324 Å². The van der Waals surface area contributed by atoms with Crippen molar-refractivity contribution in [2.45, 2.75) is 206 Å². The molecule has 18 unspecified atom stereocenters. The lowest BCUT2D eigenvalue weighted by atomic mass is 9.73. The first kappa shape index (κ1) is 43.5. The largest absolute Gasteiger partial charge is 0.481 e. The first-order chi connectivity index (χ1) is 25.4. The Morgan fingerprint density at radius 1 is 0.907 bits per heavy atom. The van der Waals surface area contributed by atoms with Gasteiger partial charge < -0.3 is 43.7 Å². The molecule has 0 bridgehead atoms. The van der Waals surface area contributed by atoms with E-state index in [1.807, 2.05) is 39.8 Å². The fraction of sp³-hybridized carbons (Fsp3) is 0.907. The highest BCUT2D eigenvalue weighted by atomic mass is 16.8. The van der Waals surface area contributed by atoms with E-state index in [1.54, 1.807) is 0 Å². The van der Waals surface area contributed by atoms with E-state index < -0.39 is 47.2 Å². The lowest BCUT2D eigenvalue weighted by molar-refractivity contribution is -0.402. The van der Waals surface area contributed by atoms with Gasteiger partial charge in [0.15, 0.2) is 11.9 Å². The molecule has 4 fully saturated rings. The Kier molecular flexibility index (Phi) is 14.1. The van der Waals surface area contributed by atoms with Crippen molar-refractivity contribution in [1.29, 1.82) is 0 Å². The van der Waals surface area contributed by atoms with Crippen LogP contribution in [0.5, 0.6) is 0 Å². The summed E-state index contributed by atoms with van der Waals surface area (Å²) in [6.45, 7) is 20.0. The van der Waals surface area contributed by atoms with Crippen LogP contribution in [0, 0.1) is 41.4 Å². The molecule has 5 heterocycles. The van der Waals surface area contributed by atoms with Crippen LogP contribution in [0.25, 0.3) is 0 Å². The lowest BCUT2D eigenvalue weighted by Gasteiger charge is -2.54. The van der Waals surface area contributed by atoms with E-state index in [1.165, 1.54) is 6.92 Å². The number of esters is 1. The molecule has 3 N–H and O–H groups in total. The molecule has 0 amide bonds.